The van der Waals surface area contributed by atoms with Crippen molar-refractivity contribution < 1.29 is 9.50 Å². The summed E-state index contributed by atoms with van der Waals surface area (Å²) in [6, 6.07) is 2.93. The molecule has 98 valence electrons. The van der Waals surface area contributed by atoms with E-state index in [1.54, 1.807) is 6.07 Å². The smallest absolute Gasteiger partial charge is 0.155 e. The first-order chi connectivity index (χ1) is 9.10. The molecule has 1 aromatic carbocycles. The van der Waals surface area contributed by atoms with Crippen LogP contribution in [0.4, 0.5) is 10.2 Å². The number of thiazole rings is 1. The molecule has 3 rings (SSSR count). The second kappa shape index (κ2) is 4.29. The van der Waals surface area contributed by atoms with Gasteiger partial charge in [0.05, 0.1) is 22.4 Å². The van der Waals surface area contributed by atoms with Gasteiger partial charge in [-0.3, -0.25) is 5.10 Å². The average Bonchev–Trinajstić information content (AvgIpc) is 2.91. The van der Waals surface area contributed by atoms with Crippen LogP contribution in [0.2, 0.25) is 0 Å². The third-order valence-electron chi connectivity index (χ3n) is 2.92. The van der Waals surface area contributed by atoms with Crippen LogP contribution in [-0.2, 0) is 6.61 Å². The van der Waals surface area contributed by atoms with Crippen molar-refractivity contribution in [1.82, 2.24) is 15.2 Å². The molecule has 0 unspecified atom stereocenters. The summed E-state index contributed by atoms with van der Waals surface area (Å²) in [7, 11) is 0. The van der Waals surface area contributed by atoms with Gasteiger partial charge in [-0.1, -0.05) is 0 Å². The third-order valence-corrected chi connectivity index (χ3v) is 3.95. The molecule has 3 aromatic rings. The van der Waals surface area contributed by atoms with Gasteiger partial charge in [0.25, 0.3) is 0 Å². The molecule has 0 aliphatic carbocycles. The number of aromatic amines is 1. The van der Waals surface area contributed by atoms with Crippen LogP contribution in [0.5, 0.6) is 0 Å². The Bertz CT molecular complexity index is 745. The maximum Gasteiger partial charge on any atom is 0.155 e. The molecular formula is C12H11FN4OS. The van der Waals surface area contributed by atoms with Crippen LogP contribution >= 0.6 is 11.3 Å². The number of anilines is 1. The van der Waals surface area contributed by atoms with Crippen LogP contribution in [0, 0.1) is 12.7 Å². The number of nitrogens with zero attached hydrogens (tertiary/aromatic N) is 2. The third kappa shape index (κ3) is 1.87. The predicted octanol–water partition coefficient (Wildman–Crippen LogP) is 2.21. The standard InChI is InChI=1S/C12H11FN4OS/c1-5-10(11(14)17-16-5)12-15-8-3-7(13)6(4-18)2-9(8)19-12/h2-3,18H,4H2,1H3,(H3,14,16,17). The summed E-state index contributed by atoms with van der Waals surface area (Å²) in [6.07, 6.45) is 0. The van der Waals surface area contributed by atoms with E-state index in [1.165, 1.54) is 17.4 Å². The van der Waals surface area contributed by atoms with Crippen LogP contribution in [0.15, 0.2) is 12.1 Å². The van der Waals surface area contributed by atoms with Gasteiger partial charge in [0.15, 0.2) is 5.82 Å². The number of benzene rings is 1. The number of aromatic nitrogens is 3. The Morgan fingerprint density at radius 2 is 2.26 bits per heavy atom. The topological polar surface area (TPSA) is 87.8 Å². The van der Waals surface area contributed by atoms with Gasteiger partial charge >= 0.3 is 0 Å². The first-order valence-corrected chi connectivity index (χ1v) is 6.42. The van der Waals surface area contributed by atoms with Crippen LogP contribution in [-0.4, -0.2) is 20.3 Å². The van der Waals surface area contributed by atoms with Crippen molar-refractivity contribution in [2.75, 3.05) is 5.73 Å². The molecule has 0 spiro atoms. The van der Waals surface area contributed by atoms with Gasteiger partial charge in [-0.25, -0.2) is 9.37 Å². The molecule has 0 aliphatic rings. The predicted molar refractivity (Wildman–Crippen MR) is 72.2 cm³/mol. The van der Waals surface area contributed by atoms with Crippen molar-refractivity contribution in [2.24, 2.45) is 0 Å². The molecule has 0 radical (unpaired) electrons. The molecule has 0 saturated heterocycles. The lowest BCUT2D eigenvalue weighted by molar-refractivity contribution is 0.276. The number of nitrogen functional groups attached to an aromatic ring is 1. The van der Waals surface area contributed by atoms with E-state index in [0.29, 0.717) is 16.3 Å². The van der Waals surface area contributed by atoms with E-state index in [4.69, 9.17) is 10.8 Å². The Morgan fingerprint density at radius 1 is 1.47 bits per heavy atom. The van der Waals surface area contributed by atoms with Crippen molar-refractivity contribution in [3.8, 4) is 10.6 Å². The SMILES string of the molecule is Cc1[nH]nc(N)c1-c1nc2cc(F)c(CO)cc2s1. The Hall–Kier alpha value is -1.99. The Balaban J connectivity index is 2.22. The lowest BCUT2D eigenvalue weighted by atomic mass is 10.2. The second-order valence-corrected chi connectivity index (χ2v) is 5.23. The lowest BCUT2D eigenvalue weighted by Crippen LogP contribution is -1.89. The fourth-order valence-corrected chi connectivity index (χ4v) is 3.06. The number of nitrogens with one attached hydrogen (secondary N) is 1. The van der Waals surface area contributed by atoms with Gasteiger partial charge in [-0.2, -0.15) is 5.10 Å². The zero-order chi connectivity index (χ0) is 13.6. The molecular weight excluding hydrogens is 267 g/mol. The van der Waals surface area contributed by atoms with E-state index in [2.05, 4.69) is 15.2 Å². The fourth-order valence-electron chi connectivity index (χ4n) is 1.94. The summed E-state index contributed by atoms with van der Waals surface area (Å²) in [5.41, 5.74) is 8.17. The van der Waals surface area contributed by atoms with E-state index in [0.717, 1.165) is 16.0 Å². The molecule has 0 atom stereocenters. The molecule has 0 fully saturated rings. The van der Waals surface area contributed by atoms with Gasteiger partial charge in [-0.05, 0) is 13.0 Å². The van der Waals surface area contributed by atoms with Crippen LogP contribution in [0.3, 0.4) is 0 Å². The van der Waals surface area contributed by atoms with Crippen molar-refractivity contribution >= 4 is 27.4 Å². The first kappa shape index (κ1) is 12.1. The lowest BCUT2D eigenvalue weighted by Gasteiger charge is -1.97. The minimum Gasteiger partial charge on any atom is -0.392 e. The van der Waals surface area contributed by atoms with E-state index >= 15 is 0 Å². The van der Waals surface area contributed by atoms with Crippen molar-refractivity contribution in [2.45, 2.75) is 13.5 Å². The number of halogens is 1. The summed E-state index contributed by atoms with van der Waals surface area (Å²) in [4.78, 5) is 4.37. The molecule has 0 aliphatic heterocycles. The number of hydrogen-bond donors (Lipinski definition) is 3. The zero-order valence-electron chi connectivity index (χ0n) is 10.1. The summed E-state index contributed by atoms with van der Waals surface area (Å²) in [5.74, 6) is -0.0804. The minimum atomic E-state index is -0.455. The maximum absolute atomic E-state index is 13.6. The number of aryl methyl sites for hydroxylation is 1. The molecule has 2 heterocycles. The zero-order valence-corrected chi connectivity index (χ0v) is 10.9. The van der Waals surface area contributed by atoms with Gasteiger partial charge in [0.1, 0.15) is 10.8 Å². The molecule has 2 aromatic heterocycles. The number of rotatable bonds is 2. The summed E-state index contributed by atoms with van der Waals surface area (Å²) < 4.78 is 14.4. The number of hydrogen-bond acceptors (Lipinski definition) is 5. The highest BCUT2D eigenvalue weighted by molar-refractivity contribution is 7.21. The molecule has 19 heavy (non-hydrogen) atoms. The van der Waals surface area contributed by atoms with Crippen molar-refractivity contribution in [3.63, 3.8) is 0 Å². The average molecular weight is 278 g/mol. The van der Waals surface area contributed by atoms with Gasteiger partial charge in [0.2, 0.25) is 0 Å². The maximum atomic E-state index is 13.6. The first-order valence-electron chi connectivity index (χ1n) is 5.60. The van der Waals surface area contributed by atoms with Crippen LogP contribution in [0.1, 0.15) is 11.3 Å². The number of H-pyrrole nitrogens is 1. The highest BCUT2D eigenvalue weighted by atomic mass is 32.1. The van der Waals surface area contributed by atoms with Gasteiger partial charge in [-0.15, -0.1) is 11.3 Å². The largest absolute Gasteiger partial charge is 0.392 e. The highest BCUT2D eigenvalue weighted by Crippen LogP contribution is 2.35. The summed E-state index contributed by atoms with van der Waals surface area (Å²) >= 11 is 1.39. The van der Waals surface area contributed by atoms with E-state index in [9.17, 15) is 4.39 Å². The van der Waals surface area contributed by atoms with Crippen molar-refractivity contribution in [3.05, 3.63) is 29.2 Å². The number of aliphatic hydroxyl groups is 1. The normalized spacial score (nSPS) is 11.3. The van der Waals surface area contributed by atoms with E-state index in [1.807, 2.05) is 6.92 Å². The fraction of sp³-hybridized carbons (Fsp3) is 0.167. The summed E-state index contributed by atoms with van der Waals surface area (Å²) in [5, 5.41) is 16.5. The molecule has 4 N–H and O–H groups in total. The van der Waals surface area contributed by atoms with Gasteiger partial charge in [0, 0.05) is 17.3 Å². The quantitative estimate of drug-likeness (QED) is 0.670. The van der Waals surface area contributed by atoms with Crippen LogP contribution < -0.4 is 5.73 Å². The Morgan fingerprint density at radius 3 is 2.89 bits per heavy atom. The van der Waals surface area contributed by atoms with E-state index in [-0.39, 0.29) is 12.2 Å². The molecule has 0 amide bonds. The number of nitrogens with two attached hydrogens (primary N) is 1. The summed E-state index contributed by atoms with van der Waals surface area (Å²) in [6.45, 7) is 1.52. The molecule has 0 bridgehead atoms. The minimum absolute atomic E-state index is 0.264. The molecule has 5 nitrogen and oxygen atoms in total. The number of aliphatic hydroxyl groups excluding tert-OH is 1. The number of fused-ring (bicyclic) bond motifs is 1. The Labute approximate surface area is 111 Å². The Kier molecular flexibility index (Phi) is 2.72. The highest BCUT2D eigenvalue weighted by Gasteiger charge is 2.16. The monoisotopic (exact) mass is 278 g/mol. The second-order valence-electron chi connectivity index (χ2n) is 4.20. The molecule has 7 heteroatoms. The van der Waals surface area contributed by atoms with Crippen LogP contribution in [0.25, 0.3) is 20.8 Å². The molecule has 0 saturated carbocycles. The van der Waals surface area contributed by atoms with Gasteiger partial charge < -0.3 is 10.8 Å². The van der Waals surface area contributed by atoms with Crippen molar-refractivity contribution in [1.29, 1.82) is 0 Å². The van der Waals surface area contributed by atoms with E-state index < -0.39 is 5.82 Å².